The number of carbonyl (C=O) groups is 1. The van der Waals surface area contributed by atoms with Gasteiger partial charge in [-0.25, -0.2) is 9.18 Å². The van der Waals surface area contributed by atoms with E-state index in [2.05, 4.69) is 21.2 Å². The Balaban J connectivity index is 2.56. The molecule has 2 amide bonds. The third kappa shape index (κ3) is 2.32. The van der Waals surface area contributed by atoms with Crippen LogP contribution in [0.4, 0.5) is 9.18 Å². The molecule has 0 saturated carbocycles. The first kappa shape index (κ1) is 15.0. The third-order valence-corrected chi connectivity index (χ3v) is 4.00. The fraction of sp³-hybridized carbons (Fsp3) is 0.429. The third-order valence-electron chi connectivity index (χ3n) is 3.50. The summed E-state index contributed by atoms with van der Waals surface area (Å²) in [5.74, 6) is -0.202. The Kier molecular flexibility index (Phi) is 3.86. The summed E-state index contributed by atoms with van der Waals surface area (Å²) in [5, 5.41) is 10.6. The van der Waals surface area contributed by atoms with E-state index in [1.165, 1.54) is 11.0 Å². The lowest BCUT2D eigenvalue weighted by Gasteiger charge is -2.35. The van der Waals surface area contributed by atoms with Gasteiger partial charge in [0.15, 0.2) is 0 Å². The highest BCUT2D eigenvalue weighted by atomic mass is 79.9. The molecule has 1 aliphatic rings. The number of amidine groups is 1. The molecule has 2 N–H and O–H groups in total. The molecule has 4 nitrogen and oxygen atoms in total. The van der Waals surface area contributed by atoms with Gasteiger partial charge in [-0.2, -0.15) is 0 Å². The van der Waals surface area contributed by atoms with E-state index in [-0.39, 0.29) is 17.8 Å². The highest BCUT2D eigenvalue weighted by Crippen LogP contribution is 2.36. The Labute approximate surface area is 126 Å². The molecule has 1 fully saturated rings. The quantitative estimate of drug-likeness (QED) is 0.868. The zero-order valence-electron chi connectivity index (χ0n) is 11.6. The van der Waals surface area contributed by atoms with Crippen molar-refractivity contribution in [1.82, 2.24) is 10.2 Å². The maximum atomic E-state index is 14.2. The molecule has 1 unspecified atom stereocenters. The monoisotopic (exact) mass is 341 g/mol. The largest absolute Gasteiger partial charge is 0.323 e. The zero-order valence-corrected chi connectivity index (χ0v) is 13.2. The van der Waals surface area contributed by atoms with Gasteiger partial charge in [-0.3, -0.25) is 10.7 Å². The first-order valence-corrected chi connectivity index (χ1v) is 7.19. The Hall–Kier alpha value is -1.43. The van der Waals surface area contributed by atoms with Crippen LogP contribution >= 0.6 is 15.9 Å². The van der Waals surface area contributed by atoms with Crippen LogP contribution in [-0.4, -0.2) is 23.3 Å². The minimum absolute atomic E-state index is 0.000139. The second-order valence-electron chi connectivity index (χ2n) is 5.51. The predicted octanol–water partition coefficient (Wildman–Crippen LogP) is 3.46. The summed E-state index contributed by atoms with van der Waals surface area (Å²) < 4.78 is 14.9. The SMILES string of the molecule is CC(C)CN1C(=O)NC(=N)C1(C)c1cc(Br)ccc1F. The van der Waals surface area contributed by atoms with Crippen LogP contribution in [-0.2, 0) is 5.54 Å². The summed E-state index contributed by atoms with van der Waals surface area (Å²) in [6.07, 6.45) is 0. The molecular weight excluding hydrogens is 325 g/mol. The summed E-state index contributed by atoms with van der Waals surface area (Å²) in [5.41, 5.74) is -0.786. The van der Waals surface area contributed by atoms with Crippen molar-refractivity contribution in [1.29, 1.82) is 5.41 Å². The van der Waals surface area contributed by atoms with E-state index < -0.39 is 11.4 Å². The predicted molar refractivity (Wildman–Crippen MR) is 79.3 cm³/mol. The molecule has 2 rings (SSSR count). The van der Waals surface area contributed by atoms with Gasteiger partial charge in [0.1, 0.15) is 17.2 Å². The maximum Gasteiger partial charge on any atom is 0.323 e. The molecule has 6 heteroatoms. The second kappa shape index (κ2) is 5.16. The lowest BCUT2D eigenvalue weighted by atomic mass is 9.89. The van der Waals surface area contributed by atoms with E-state index in [0.717, 1.165) is 0 Å². The van der Waals surface area contributed by atoms with E-state index in [9.17, 15) is 9.18 Å². The van der Waals surface area contributed by atoms with Gasteiger partial charge in [0, 0.05) is 16.6 Å². The van der Waals surface area contributed by atoms with Gasteiger partial charge in [0.25, 0.3) is 0 Å². The van der Waals surface area contributed by atoms with E-state index in [4.69, 9.17) is 5.41 Å². The first-order chi connectivity index (χ1) is 9.26. The molecule has 108 valence electrons. The number of rotatable bonds is 3. The number of halogens is 2. The minimum atomic E-state index is -1.10. The van der Waals surface area contributed by atoms with E-state index >= 15 is 0 Å². The highest BCUT2D eigenvalue weighted by molar-refractivity contribution is 9.10. The van der Waals surface area contributed by atoms with Crippen LogP contribution < -0.4 is 5.32 Å². The molecule has 1 aliphatic heterocycles. The van der Waals surface area contributed by atoms with Crippen molar-refractivity contribution in [3.05, 3.63) is 34.1 Å². The van der Waals surface area contributed by atoms with Crippen LogP contribution in [0.5, 0.6) is 0 Å². The molecule has 1 saturated heterocycles. The number of carbonyl (C=O) groups excluding carboxylic acids is 1. The van der Waals surface area contributed by atoms with Gasteiger partial charge in [-0.05, 0) is 31.0 Å². The van der Waals surface area contributed by atoms with Crippen LogP contribution in [0.2, 0.25) is 0 Å². The molecule has 1 aromatic carbocycles. The highest BCUT2D eigenvalue weighted by Gasteiger charge is 2.49. The lowest BCUT2D eigenvalue weighted by Crippen LogP contribution is -2.46. The van der Waals surface area contributed by atoms with Gasteiger partial charge in [-0.15, -0.1) is 0 Å². The standard InChI is InChI=1S/C14H17BrFN3O/c1-8(2)7-19-13(20)18-12(17)14(19,3)10-6-9(15)4-5-11(10)16/h4-6,8H,7H2,1-3H3,(H2,17,18,20). The number of urea groups is 1. The Morgan fingerprint density at radius 1 is 1.50 bits per heavy atom. The summed E-state index contributed by atoms with van der Waals surface area (Å²) in [7, 11) is 0. The van der Waals surface area contributed by atoms with Crippen LogP contribution in [0.1, 0.15) is 26.3 Å². The van der Waals surface area contributed by atoms with E-state index in [1.54, 1.807) is 19.1 Å². The van der Waals surface area contributed by atoms with Crippen LogP contribution in [0.15, 0.2) is 22.7 Å². The molecule has 20 heavy (non-hydrogen) atoms. The van der Waals surface area contributed by atoms with Crippen LogP contribution in [0, 0.1) is 17.1 Å². The van der Waals surface area contributed by atoms with E-state index in [0.29, 0.717) is 16.6 Å². The molecule has 0 radical (unpaired) electrons. The average Bonchev–Trinajstić information content (AvgIpc) is 2.56. The van der Waals surface area contributed by atoms with Crippen molar-refractivity contribution in [2.75, 3.05) is 6.54 Å². The van der Waals surface area contributed by atoms with Crippen molar-refractivity contribution < 1.29 is 9.18 Å². The topological polar surface area (TPSA) is 56.2 Å². The molecular formula is C14H17BrFN3O. The van der Waals surface area contributed by atoms with Crippen molar-refractivity contribution in [3.63, 3.8) is 0 Å². The average molecular weight is 342 g/mol. The minimum Gasteiger partial charge on any atom is -0.307 e. The van der Waals surface area contributed by atoms with Gasteiger partial charge in [0.05, 0.1) is 0 Å². The summed E-state index contributed by atoms with van der Waals surface area (Å²) in [4.78, 5) is 13.6. The molecule has 1 aromatic rings. The van der Waals surface area contributed by atoms with Gasteiger partial charge >= 0.3 is 6.03 Å². The number of nitrogens with one attached hydrogen (secondary N) is 2. The summed E-state index contributed by atoms with van der Waals surface area (Å²) in [6.45, 7) is 6.11. The zero-order chi connectivity index (χ0) is 15.1. The summed E-state index contributed by atoms with van der Waals surface area (Å²) in [6, 6.07) is 4.21. The summed E-state index contributed by atoms with van der Waals surface area (Å²) >= 11 is 3.31. The number of hydrogen-bond donors (Lipinski definition) is 2. The Morgan fingerprint density at radius 3 is 2.75 bits per heavy atom. The molecule has 0 spiro atoms. The molecule has 1 atom stereocenters. The fourth-order valence-corrected chi connectivity index (χ4v) is 2.78. The first-order valence-electron chi connectivity index (χ1n) is 6.40. The molecule has 0 bridgehead atoms. The smallest absolute Gasteiger partial charge is 0.307 e. The second-order valence-corrected chi connectivity index (χ2v) is 6.42. The number of amides is 2. The molecule has 0 aromatic heterocycles. The Morgan fingerprint density at radius 2 is 2.15 bits per heavy atom. The number of benzene rings is 1. The van der Waals surface area contributed by atoms with Gasteiger partial charge in [-0.1, -0.05) is 29.8 Å². The van der Waals surface area contributed by atoms with Gasteiger partial charge in [0.2, 0.25) is 0 Å². The van der Waals surface area contributed by atoms with Crippen molar-refractivity contribution >= 4 is 27.8 Å². The lowest BCUT2D eigenvalue weighted by molar-refractivity contribution is 0.167. The number of nitrogens with zero attached hydrogens (tertiary/aromatic N) is 1. The maximum absolute atomic E-state index is 14.2. The van der Waals surface area contributed by atoms with Crippen molar-refractivity contribution in [2.45, 2.75) is 26.3 Å². The van der Waals surface area contributed by atoms with Crippen LogP contribution in [0.3, 0.4) is 0 Å². The molecule has 1 heterocycles. The van der Waals surface area contributed by atoms with Crippen molar-refractivity contribution in [2.24, 2.45) is 5.92 Å². The number of hydrogen-bond acceptors (Lipinski definition) is 2. The molecule has 0 aliphatic carbocycles. The van der Waals surface area contributed by atoms with Crippen LogP contribution in [0.25, 0.3) is 0 Å². The Bertz CT molecular complexity index is 576. The van der Waals surface area contributed by atoms with E-state index in [1.807, 2.05) is 13.8 Å². The van der Waals surface area contributed by atoms with Gasteiger partial charge < -0.3 is 4.90 Å². The van der Waals surface area contributed by atoms with Crippen molar-refractivity contribution in [3.8, 4) is 0 Å². The normalized spacial score (nSPS) is 22.6. The fourth-order valence-electron chi connectivity index (χ4n) is 2.42.